The van der Waals surface area contributed by atoms with Gasteiger partial charge in [0.2, 0.25) is 11.8 Å². The molecule has 2 N–H and O–H groups in total. The van der Waals surface area contributed by atoms with E-state index in [0.29, 0.717) is 12.8 Å². The summed E-state index contributed by atoms with van der Waals surface area (Å²) < 4.78 is 0. The van der Waals surface area contributed by atoms with Gasteiger partial charge in [0.15, 0.2) is 0 Å². The highest BCUT2D eigenvalue weighted by molar-refractivity contribution is 5.98. The van der Waals surface area contributed by atoms with Crippen LogP contribution in [0.4, 0.5) is 11.4 Å². The lowest BCUT2D eigenvalue weighted by atomic mass is 10.1. The summed E-state index contributed by atoms with van der Waals surface area (Å²) in [4.78, 5) is 34.3. The van der Waals surface area contributed by atoms with Crippen LogP contribution in [0.1, 0.15) is 38.5 Å². The number of hydrogen-bond donors (Lipinski definition) is 2. The Morgan fingerprint density at radius 2 is 0.900 bits per heavy atom. The highest BCUT2D eigenvalue weighted by atomic mass is 16.2. The minimum atomic E-state index is 0.00409. The number of amides is 2. The quantitative estimate of drug-likeness (QED) is 0.148. The first-order valence-corrected chi connectivity index (χ1v) is 13.8. The van der Waals surface area contributed by atoms with Crippen molar-refractivity contribution >= 4 is 66.8 Å². The molecule has 6 nitrogen and oxygen atoms in total. The van der Waals surface area contributed by atoms with Gasteiger partial charge in [0, 0.05) is 45.8 Å². The summed E-state index contributed by atoms with van der Waals surface area (Å²) in [6.07, 6.45) is 4.31. The molecule has 0 aliphatic rings. The standard InChI is InChI=1S/C34H30N4O2/c39-33(35-27-15-17-31-25(21-27)19-23-9-5-7-11-29(23)37-31)13-3-1-2-4-14-34(40)36-28-16-18-32-26(22-28)20-24-10-6-8-12-30(24)38-32/h5-12,15-22H,1-4,13-14H2,(H,35,39)(H,36,40). The Balaban J connectivity index is 0.927. The third-order valence-corrected chi connectivity index (χ3v) is 7.16. The molecule has 198 valence electrons. The van der Waals surface area contributed by atoms with Gasteiger partial charge in [-0.15, -0.1) is 0 Å². The summed E-state index contributed by atoms with van der Waals surface area (Å²) in [5.74, 6) is 0.00817. The smallest absolute Gasteiger partial charge is 0.224 e. The number of pyridine rings is 2. The average Bonchev–Trinajstić information content (AvgIpc) is 2.96. The summed E-state index contributed by atoms with van der Waals surface area (Å²) in [5.41, 5.74) is 5.31. The number of benzene rings is 4. The van der Waals surface area contributed by atoms with Crippen LogP contribution in [0, 0.1) is 0 Å². The first-order chi connectivity index (χ1) is 19.6. The number of rotatable bonds is 9. The number of nitrogens with one attached hydrogen (secondary N) is 2. The Morgan fingerprint density at radius 3 is 1.38 bits per heavy atom. The van der Waals surface area contributed by atoms with E-state index in [-0.39, 0.29) is 11.8 Å². The van der Waals surface area contributed by atoms with Crippen molar-refractivity contribution in [3.8, 4) is 0 Å². The third-order valence-electron chi connectivity index (χ3n) is 7.16. The molecule has 0 fully saturated rings. The summed E-state index contributed by atoms with van der Waals surface area (Å²) >= 11 is 0. The Bertz CT molecular complexity index is 1730. The third kappa shape index (κ3) is 5.91. The van der Waals surface area contributed by atoms with Crippen LogP contribution in [0.2, 0.25) is 0 Å². The Labute approximate surface area is 232 Å². The first-order valence-electron chi connectivity index (χ1n) is 13.8. The largest absolute Gasteiger partial charge is 0.326 e. The van der Waals surface area contributed by atoms with Crippen molar-refractivity contribution in [2.24, 2.45) is 0 Å². The number of nitrogens with zero attached hydrogens (tertiary/aromatic N) is 2. The van der Waals surface area contributed by atoms with Gasteiger partial charge in [-0.1, -0.05) is 49.2 Å². The van der Waals surface area contributed by atoms with Crippen molar-refractivity contribution in [2.45, 2.75) is 38.5 Å². The number of aromatic nitrogens is 2. The van der Waals surface area contributed by atoms with Crippen molar-refractivity contribution in [2.75, 3.05) is 10.6 Å². The molecule has 2 amide bonds. The van der Waals surface area contributed by atoms with Gasteiger partial charge < -0.3 is 10.6 Å². The Morgan fingerprint density at radius 1 is 0.475 bits per heavy atom. The number of carbonyl (C=O) groups is 2. The molecule has 0 bridgehead atoms. The van der Waals surface area contributed by atoms with Crippen molar-refractivity contribution in [3.05, 3.63) is 97.1 Å². The zero-order valence-electron chi connectivity index (χ0n) is 22.2. The topological polar surface area (TPSA) is 84.0 Å². The van der Waals surface area contributed by atoms with Gasteiger partial charge in [-0.2, -0.15) is 0 Å². The zero-order valence-corrected chi connectivity index (χ0v) is 22.2. The minimum Gasteiger partial charge on any atom is -0.326 e. The van der Waals surface area contributed by atoms with Crippen LogP contribution in [0.15, 0.2) is 97.1 Å². The lowest BCUT2D eigenvalue weighted by Gasteiger charge is -2.08. The Kier molecular flexibility index (Phi) is 7.31. The predicted octanol–water partition coefficient (Wildman–Crippen LogP) is 8.01. The maximum absolute atomic E-state index is 12.5. The van der Waals surface area contributed by atoms with E-state index >= 15 is 0 Å². The number of carbonyl (C=O) groups excluding carboxylic acids is 2. The number of para-hydroxylation sites is 2. The van der Waals surface area contributed by atoms with Crippen LogP contribution in [-0.4, -0.2) is 21.8 Å². The molecule has 0 aliphatic heterocycles. The van der Waals surface area contributed by atoms with Crippen LogP contribution < -0.4 is 10.6 Å². The lowest BCUT2D eigenvalue weighted by Crippen LogP contribution is -2.11. The van der Waals surface area contributed by atoms with E-state index in [1.807, 2.05) is 84.9 Å². The highest BCUT2D eigenvalue weighted by Gasteiger charge is 2.07. The number of unbranched alkanes of at least 4 members (excludes halogenated alkanes) is 3. The molecule has 0 aliphatic carbocycles. The molecule has 0 saturated heterocycles. The van der Waals surface area contributed by atoms with E-state index in [2.05, 4.69) is 32.7 Å². The first kappa shape index (κ1) is 25.4. The van der Waals surface area contributed by atoms with Gasteiger partial charge in [-0.3, -0.25) is 9.59 Å². The second kappa shape index (κ2) is 11.5. The lowest BCUT2D eigenvalue weighted by molar-refractivity contribution is -0.117. The van der Waals surface area contributed by atoms with Crippen LogP contribution in [0.25, 0.3) is 43.6 Å². The van der Waals surface area contributed by atoms with Crippen molar-refractivity contribution in [3.63, 3.8) is 0 Å². The SMILES string of the molecule is O=C(CCCCCCC(=O)Nc1ccc2nc3ccccc3cc2c1)Nc1ccc2nc3ccccc3cc2c1. The molecule has 2 aromatic heterocycles. The molecule has 6 aromatic rings. The predicted molar refractivity (Wildman–Crippen MR) is 163 cm³/mol. The van der Waals surface area contributed by atoms with E-state index < -0.39 is 0 Å². The van der Waals surface area contributed by atoms with Gasteiger partial charge in [0.05, 0.1) is 22.1 Å². The van der Waals surface area contributed by atoms with Crippen molar-refractivity contribution in [1.82, 2.24) is 9.97 Å². The summed E-state index contributed by atoms with van der Waals surface area (Å²) in [7, 11) is 0. The van der Waals surface area contributed by atoms with Gasteiger partial charge >= 0.3 is 0 Å². The maximum Gasteiger partial charge on any atom is 0.224 e. The normalized spacial score (nSPS) is 11.3. The molecule has 6 heteroatoms. The second-order valence-corrected chi connectivity index (χ2v) is 10.2. The Hall–Kier alpha value is -4.84. The van der Waals surface area contributed by atoms with Crippen LogP contribution in [0.5, 0.6) is 0 Å². The van der Waals surface area contributed by atoms with E-state index in [9.17, 15) is 9.59 Å². The van der Waals surface area contributed by atoms with E-state index in [1.165, 1.54) is 0 Å². The maximum atomic E-state index is 12.5. The highest BCUT2D eigenvalue weighted by Crippen LogP contribution is 2.24. The molecule has 0 spiro atoms. The molecule has 4 aromatic carbocycles. The zero-order chi connectivity index (χ0) is 27.3. The number of fused-ring (bicyclic) bond motifs is 4. The average molecular weight is 527 g/mol. The van der Waals surface area contributed by atoms with E-state index in [1.54, 1.807) is 0 Å². The molecule has 0 unspecified atom stereocenters. The molecule has 0 atom stereocenters. The van der Waals surface area contributed by atoms with Crippen molar-refractivity contribution in [1.29, 1.82) is 0 Å². The van der Waals surface area contributed by atoms with Gasteiger partial charge in [-0.25, -0.2) is 9.97 Å². The number of anilines is 2. The molecule has 0 radical (unpaired) electrons. The molecule has 40 heavy (non-hydrogen) atoms. The fraction of sp³-hybridized carbons (Fsp3) is 0.176. The van der Waals surface area contributed by atoms with E-state index in [0.717, 1.165) is 80.7 Å². The molecular weight excluding hydrogens is 496 g/mol. The fourth-order valence-electron chi connectivity index (χ4n) is 5.09. The monoisotopic (exact) mass is 526 g/mol. The van der Waals surface area contributed by atoms with Crippen molar-refractivity contribution < 1.29 is 9.59 Å². The summed E-state index contributed by atoms with van der Waals surface area (Å²) in [6.45, 7) is 0. The summed E-state index contributed by atoms with van der Waals surface area (Å²) in [5, 5.41) is 10.2. The molecular formula is C34H30N4O2. The molecule has 0 saturated carbocycles. The van der Waals surface area contributed by atoms with Crippen LogP contribution >= 0.6 is 0 Å². The van der Waals surface area contributed by atoms with Gasteiger partial charge in [-0.05, 0) is 73.5 Å². The van der Waals surface area contributed by atoms with Crippen LogP contribution in [0.3, 0.4) is 0 Å². The number of hydrogen-bond acceptors (Lipinski definition) is 4. The fourth-order valence-corrected chi connectivity index (χ4v) is 5.09. The summed E-state index contributed by atoms with van der Waals surface area (Å²) in [6, 6.07) is 31.9. The molecule has 6 rings (SSSR count). The van der Waals surface area contributed by atoms with Crippen LogP contribution in [-0.2, 0) is 9.59 Å². The minimum absolute atomic E-state index is 0.00409. The van der Waals surface area contributed by atoms with E-state index in [4.69, 9.17) is 0 Å². The second-order valence-electron chi connectivity index (χ2n) is 10.2. The van der Waals surface area contributed by atoms with Gasteiger partial charge in [0.1, 0.15) is 0 Å². The van der Waals surface area contributed by atoms with Gasteiger partial charge in [0.25, 0.3) is 0 Å². The molecule has 2 heterocycles.